The number of halogens is 1. The van der Waals surface area contributed by atoms with Crippen LogP contribution in [0.3, 0.4) is 0 Å². The van der Waals surface area contributed by atoms with Crippen LogP contribution in [0.25, 0.3) is 0 Å². The molecule has 0 radical (unpaired) electrons. The second-order valence-electron chi connectivity index (χ2n) is 4.36. The average molecular weight is 256 g/mol. The standard InChI is InChI=1S/C13H21F.2C2H6/c1-4-11-6-5-7-13(14)12(9-8-11)10(2)3;2*1-2/h8,10H,4-7,9H2,1-3H3;2*1-2H3/b11-8-,13-12-;;. The summed E-state index contributed by atoms with van der Waals surface area (Å²) in [5, 5.41) is 0. The quantitative estimate of drug-likeness (QED) is 0.475. The molecule has 0 heterocycles. The molecule has 1 heteroatoms. The average Bonchev–Trinajstić information content (AvgIpc) is 2.38. The van der Waals surface area contributed by atoms with Crippen molar-refractivity contribution >= 4 is 0 Å². The van der Waals surface area contributed by atoms with Crippen molar-refractivity contribution in [3.8, 4) is 0 Å². The van der Waals surface area contributed by atoms with Crippen LogP contribution in [-0.2, 0) is 0 Å². The summed E-state index contributed by atoms with van der Waals surface area (Å²) in [6.07, 6.45) is 6.87. The summed E-state index contributed by atoms with van der Waals surface area (Å²) < 4.78 is 13.6. The summed E-state index contributed by atoms with van der Waals surface area (Å²) in [4.78, 5) is 0. The Labute approximate surface area is 114 Å². The van der Waals surface area contributed by atoms with E-state index in [0.717, 1.165) is 31.3 Å². The maximum Gasteiger partial charge on any atom is 0.0997 e. The predicted molar refractivity (Wildman–Crippen MR) is 82.5 cm³/mol. The Balaban J connectivity index is 0. The molecular formula is C17H33F. The molecule has 0 bridgehead atoms. The monoisotopic (exact) mass is 256 g/mol. The van der Waals surface area contributed by atoms with Crippen LogP contribution < -0.4 is 0 Å². The van der Waals surface area contributed by atoms with Crippen molar-refractivity contribution in [2.75, 3.05) is 0 Å². The van der Waals surface area contributed by atoms with Crippen molar-refractivity contribution in [1.29, 1.82) is 0 Å². The summed E-state index contributed by atoms with van der Waals surface area (Å²) in [6, 6.07) is 0. The van der Waals surface area contributed by atoms with Gasteiger partial charge >= 0.3 is 0 Å². The van der Waals surface area contributed by atoms with Crippen LogP contribution in [0.4, 0.5) is 4.39 Å². The number of hydrogen-bond acceptors (Lipinski definition) is 0. The van der Waals surface area contributed by atoms with Gasteiger partial charge in [0.1, 0.15) is 0 Å². The zero-order valence-corrected chi connectivity index (χ0v) is 13.6. The van der Waals surface area contributed by atoms with Gasteiger partial charge in [-0.15, -0.1) is 0 Å². The minimum Gasteiger partial charge on any atom is -0.212 e. The first-order valence-electron chi connectivity index (χ1n) is 7.70. The zero-order valence-electron chi connectivity index (χ0n) is 13.6. The van der Waals surface area contributed by atoms with E-state index in [-0.39, 0.29) is 5.83 Å². The van der Waals surface area contributed by atoms with Gasteiger partial charge in [0.15, 0.2) is 0 Å². The van der Waals surface area contributed by atoms with Crippen LogP contribution in [0, 0.1) is 5.92 Å². The Morgan fingerprint density at radius 1 is 1.11 bits per heavy atom. The predicted octanol–water partition coefficient (Wildman–Crippen LogP) is 6.83. The highest BCUT2D eigenvalue weighted by atomic mass is 19.1. The largest absolute Gasteiger partial charge is 0.212 e. The molecule has 1 aliphatic carbocycles. The first kappa shape index (κ1) is 19.7. The maximum absolute atomic E-state index is 13.6. The van der Waals surface area contributed by atoms with Gasteiger partial charge in [-0.2, -0.15) is 0 Å². The van der Waals surface area contributed by atoms with Crippen molar-refractivity contribution < 1.29 is 4.39 Å². The molecule has 0 aromatic carbocycles. The topological polar surface area (TPSA) is 0 Å². The second kappa shape index (κ2) is 12.9. The van der Waals surface area contributed by atoms with Gasteiger partial charge in [-0.05, 0) is 43.6 Å². The van der Waals surface area contributed by atoms with Crippen molar-refractivity contribution in [3.05, 3.63) is 23.0 Å². The van der Waals surface area contributed by atoms with Gasteiger partial charge in [-0.1, -0.05) is 60.1 Å². The molecule has 1 rings (SSSR count). The van der Waals surface area contributed by atoms with Gasteiger partial charge < -0.3 is 0 Å². The normalized spacial score (nSPS) is 22.6. The summed E-state index contributed by atoms with van der Waals surface area (Å²) in [6.45, 7) is 14.3. The van der Waals surface area contributed by atoms with Gasteiger partial charge in [-0.25, -0.2) is 4.39 Å². The fourth-order valence-corrected chi connectivity index (χ4v) is 1.97. The molecular weight excluding hydrogens is 223 g/mol. The molecule has 0 spiro atoms. The highest BCUT2D eigenvalue weighted by Gasteiger charge is 2.12. The molecule has 0 unspecified atom stereocenters. The maximum atomic E-state index is 13.6. The molecule has 0 fully saturated rings. The molecule has 0 aromatic heterocycles. The summed E-state index contributed by atoms with van der Waals surface area (Å²) in [5.74, 6) is 0.494. The van der Waals surface area contributed by atoms with E-state index in [1.807, 2.05) is 27.7 Å². The third-order valence-electron chi connectivity index (χ3n) is 3.00. The van der Waals surface area contributed by atoms with E-state index in [0.29, 0.717) is 12.3 Å². The molecule has 108 valence electrons. The Morgan fingerprint density at radius 2 is 1.67 bits per heavy atom. The summed E-state index contributed by atoms with van der Waals surface area (Å²) in [7, 11) is 0. The van der Waals surface area contributed by atoms with Crippen molar-refractivity contribution in [2.24, 2.45) is 5.92 Å². The second-order valence-corrected chi connectivity index (χ2v) is 4.36. The van der Waals surface area contributed by atoms with E-state index >= 15 is 0 Å². The van der Waals surface area contributed by atoms with Crippen LogP contribution in [0.5, 0.6) is 0 Å². The Bertz CT molecular complexity index is 246. The van der Waals surface area contributed by atoms with E-state index < -0.39 is 0 Å². The Morgan fingerprint density at radius 3 is 2.11 bits per heavy atom. The molecule has 0 saturated carbocycles. The van der Waals surface area contributed by atoms with Crippen LogP contribution in [-0.4, -0.2) is 0 Å². The fraction of sp³-hybridized carbons (Fsp3) is 0.765. The van der Waals surface area contributed by atoms with Gasteiger partial charge in [0.2, 0.25) is 0 Å². The lowest BCUT2D eigenvalue weighted by Gasteiger charge is -2.16. The van der Waals surface area contributed by atoms with Crippen LogP contribution >= 0.6 is 0 Å². The highest BCUT2D eigenvalue weighted by molar-refractivity contribution is 5.19. The van der Waals surface area contributed by atoms with Crippen LogP contribution in [0.2, 0.25) is 0 Å². The van der Waals surface area contributed by atoms with Gasteiger partial charge in [-0.3, -0.25) is 0 Å². The van der Waals surface area contributed by atoms with Crippen molar-refractivity contribution in [1.82, 2.24) is 0 Å². The van der Waals surface area contributed by atoms with E-state index in [1.54, 1.807) is 0 Å². The Hall–Kier alpha value is -0.590. The zero-order chi connectivity index (χ0) is 14.6. The van der Waals surface area contributed by atoms with Gasteiger partial charge in [0.25, 0.3) is 0 Å². The molecule has 0 aliphatic heterocycles. The molecule has 0 aromatic rings. The van der Waals surface area contributed by atoms with E-state index in [1.165, 1.54) is 5.57 Å². The number of hydrogen-bond donors (Lipinski definition) is 0. The first-order valence-corrected chi connectivity index (χ1v) is 7.70. The lowest BCUT2D eigenvalue weighted by Crippen LogP contribution is -2.00. The molecule has 1 aliphatic rings. The van der Waals surface area contributed by atoms with Gasteiger partial charge in [0, 0.05) is 0 Å². The molecule has 0 N–H and O–H groups in total. The molecule has 0 nitrogen and oxygen atoms in total. The first-order chi connectivity index (χ1) is 8.65. The van der Waals surface area contributed by atoms with Crippen molar-refractivity contribution in [2.45, 2.75) is 80.6 Å². The summed E-state index contributed by atoms with van der Waals surface area (Å²) in [5.41, 5.74) is 2.51. The van der Waals surface area contributed by atoms with Gasteiger partial charge in [0.05, 0.1) is 5.83 Å². The number of rotatable bonds is 2. The SMILES string of the molecule is CC.CC.CC/C1=C/C/C(C(C)C)=C(/F)CCC1. The van der Waals surface area contributed by atoms with E-state index in [9.17, 15) is 4.39 Å². The van der Waals surface area contributed by atoms with E-state index in [4.69, 9.17) is 0 Å². The van der Waals surface area contributed by atoms with Crippen LogP contribution in [0.15, 0.2) is 23.0 Å². The third kappa shape index (κ3) is 7.68. The molecule has 0 amide bonds. The molecule has 0 atom stereocenters. The number of allylic oxidation sites excluding steroid dienone is 4. The van der Waals surface area contributed by atoms with Crippen LogP contribution in [0.1, 0.15) is 80.6 Å². The minimum atomic E-state index is 0.145. The smallest absolute Gasteiger partial charge is 0.0997 e. The third-order valence-corrected chi connectivity index (χ3v) is 3.00. The molecule has 18 heavy (non-hydrogen) atoms. The lowest BCUT2D eigenvalue weighted by atomic mass is 9.92. The lowest BCUT2D eigenvalue weighted by molar-refractivity contribution is 0.529. The summed E-state index contributed by atoms with van der Waals surface area (Å²) >= 11 is 0. The fourth-order valence-electron chi connectivity index (χ4n) is 1.97. The molecule has 0 saturated heterocycles. The Kier molecular flexibility index (Phi) is 14.1. The van der Waals surface area contributed by atoms with Crippen molar-refractivity contribution in [3.63, 3.8) is 0 Å². The minimum absolute atomic E-state index is 0.145. The highest BCUT2D eigenvalue weighted by Crippen LogP contribution is 2.28. The van der Waals surface area contributed by atoms with E-state index in [2.05, 4.69) is 26.8 Å².